The molecule has 0 spiro atoms. The molecule has 2 aromatic carbocycles. The van der Waals surface area contributed by atoms with Crippen molar-refractivity contribution in [3.8, 4) is 16.9 Å². The topological polar surface area (TPSA) is 46.5 Å². The van der Waals surface area contributed by atoms with Gasteiger partial charge in [-0.15, -0.1) is 0 Å². The van der Waals surface area contributed by atoms with Gasteiger partial charge in [0.2, 0.25) is 0 Å². The van der Waals surface area contributed by atoms with E-state index in [1.54, 1.807) is 13.2 Å². The van der Waals surface area contributed by atoms with Crippen molar-refractivity contribution in [1.29, 1.82) is 0 Å². The predicted octanol–water partition coefficient (Wildman–Crippen LogP) is 5.59. The van der Waals surface area contributed by atoms with Crippen molar-refractivity contribution in [1.82, 2.24) is 0 Å². The number of ketones is 1. The van der Waals surface area contributed by atoms with E-state index in [1.165, 1.54) is 0 Å². The molecule has 4 rings (SSSR count). The van der Waals surface area contributed by atoms with Crippen LogP contribution >= 0.6 is 11.6 Å². The van der Waals surface area contributed by atoms with Gasteiger partial charge in [0.15, 0.2) is 5.78 Å². The number of aliphatic hydroxyl groups excluding tert-OH is 1. The van der Waals surface area contributed by atoms with Gasteiger partial charge in [0.05, 0.1) is 12.7 Å². The van der Waals surface area contributed by atoms with Crippen LogP contribution in [-0.2, 0) is 4.79 Å². The summed E-state index contributed by atoms with van der Waals surface area (Å²) in [6.07, 6.45) is 2.56. The van der Waals surface area contributed by atoms with Gasteiger partial charge in [-0.05, 0) is 67.1 Å². The van der Waals surface area contributed by atoms with E-state index >= 15 is 0 Å². The summed E-state index contributed by atoms with van der Waals surface area (Å²) in [5.74, 6) is 1.24. The molecule has 2 aromatic rings. The highest BCUT2D eigenvalue weighted by Crippen LogP contribution is 2.46. The van der Waals surface area contributed by atoms with Gasteiger partial charge in [-0.2, -0.15) is 0 Å². The number of benzene rings is 2. The van der Waals surface area contributed by atoms with Crippen LogP contribution in [-0.4, -0.2) is 18.0 Å². The van der Waals surface area contributed by atoms with E-state index in [2.05, 4.69) is 0 Å². The molecule has 0 aliphatic heterocycles. The molecule has 0 radical (unpaired) electrons. The highest BCUT2D eigenvalue weighted by molar-refractivity contribution is 6.31. The standard InChI is InChI=1S/C22H21ClO3/c1-12-3-4-13(18-11-16(23)7-8-19(18)26-2)10-17(12)20-21(24)14-5-6-15(9-14)22(20)25/h3-4,7-8,10-11,14-15,24H,5-6,9H2,1-2H3. The Kier molecular flexibility index (Phi) is 4.28. The molecule has 0 aromatic heterocycles. The Labute approximate surface area is 158 Å². The van der Waals surface area contributed by atoms with Crippen LogP contribution in [0.2, 0.25) is 5.02 Å². The van der Waals surface area contributed by atoms with E-state index < -0.39 is 0 Å². The minimum atomic E-state index is 0.0506. The van der Waals surface area contributed by atoms with Gasteiger partial charge in [-0.3, -0.25) is 4.79 Å². The third-order valence-corrected chi connectivity index (χ3v) is 5.91. The zero-order valence-electron chi connectivity index (χ0n) is 14.9. The minimum Gasteiger partial charge on any atom is -0.511 e. The van der Waals surface area contributed by atoms with Gasteiger partial charge < -0.3 is 9.84 Å². The van der Waals surface area contributed by atoms with E-state index in [-0.39, 0.29) is 23.4 Å². The Balaban J connectivity index is 1.88. The molecular weight excluding hydrogens is 348 g/mol. The van der Waals surface area contributed by atoms with Crippen molar-refractivity contribution in [3.05, 3.63) is 58.3 Å². The molecule has 2 bridgehead atoms. The van der Waals surface area contributed by atoms with Gasteiger partial charge >= 0.3 is 0 Å². The van der Waals surface area contributed by atoms with Crippen molar-refractivity contribution >= 4 is 23.0 Å². The number of hydrogen-bond donors (Lipinski definition) is 1. The Morgan fingerprint density at radius 3 is 2.62 bits per heavy atom. The lowest BCUT2D eigenvalue weighted by molar-refractivity contribution is -0.117. The number of carbonyl (C=O) groups excluding carboxylic acids is 1. The second kappa shape index (κ2) is 6.48. The van der Waals surface area contributed by atoms with E-state index in [0.29, 0.717) is 10.6 Å². The van der Waals surface area contributed by atoms with Crippen LogP contribution in [0.3, 0.4) is 0 Å². The Morgan fingerprint density at radius 1 is 1.08 bits per heavy atom. The number of methoxy groups -OCH3 is 1. The lowest BCUT2D eigenvalue weighted by atomic mass is 9.81. The lowest BCUT2D eigenvalue weighted by Crippen LogP contribution is -2.21. The molecule has 2 unspecified atom stereocenters. The van der Waals surface area contributed by atoms with Crippen LogP contribution in [0.25, 0.3) is 16.7 Å². The zero-order valence-corrected chi connectivity index (χ0v) is 15.6. The number of hydrogen-bond acceptors (Lipinski definition) is 3. The summed E-state index contributed by atoms with van der Waals surface area (Å²) in [5.41, 5.74) is 4.07. The number of allylic oxidation sites excluding steroid dienone is 2. The summed E-state index contributed by atoms with van der Waals surface area (Å²) < 4.78 is 5.47. The molecule has 1 fully saturated rings. The summed E-state index contributed by atoms with van der Waals surface area (Å²) in [6.45, 7) is 1.97. The molecule has 2 atom stereocenters. The van der Waals surface area contributed by atoms with Crippen LogP contribution in [0.4, 0.5) is 0 Å². The number of rotatable bonds is 3. The molecule has 0 saturated heterocycles. The van der Waals surface area contributed by atoms with E-state index in [0.717, 1.165) is 47.3 Å². The molecule has 0 heterocycles. The molecule has 26 heavy (non-hydrogen) atoms. The molecular formula is C22H21ClO3. The van der Waals surface area contributed by atoms with Crippen LogP contribution < -0.4 is 4.74 Å². The monoisotopic (exact) mass is 368 g/mol. The van der Waals surface area contributed by atoms with Crippen LogP contribution in [0, 0.1) is 18.8 Å². The van der Waals surface area contributed by atoms with Gasteiger partial charge in [0, 0.05) is 22.4 Å². The first kappa shape index (κ1) is 17.2. The van der Waals surface area contributed by atoms with E-state index in [4.69, 9.17) is 16.3 Å². The SMILES string of the molecule is COc1ccc(Cl)cc1-c1ccc(C)c(C2=C(O)C3CCC(C3)C2=O)c1. The Hall–Kier alpha value is -2.26. The van der Waals surface area contributed by atoms with Gasteiger partial charge in [0.25, 0.3) is 0 Å². The third kappa shape index (κ3) is 2.71. The molecule has 1 N–H and O–H groups in total. The maximum atomic E-state index is 12.9. The number of Topliss-reactive ketones (excluding diaryl/α,β-unsaturated/α-hetero) is 1. The summed E-state index contributed by atoms with van der Waals surface area (Å²) in [7, 11) is 1.62. The first-order chi connectivity index (χ1) is 12.5. The fraction of sp³-hybridized carbons (Fsp3) is 0.318. The lowest BCUT2D eigenvalue weighted by Gasteiger charge is -2.23. The number of aliphatic hydroxyl groups is 1. The minimum absolute atomic E-state index is 0.0506. The summed E-state index contributed by atoms with van der Waals surface area (Å²) in [5, 5.41) is 11.3. The summed E-state index contributed by atoms with van der Waals surface area (Å²) in [6, 6.07) is 11.4. The van der Waals surface area contributed by atoms with Crippen molar-refractivity contribution < 1.29 is 14.6 Å². The summed E-state index contributed by atoms with van der Waals surface area (Å²) in [4.78, 5) is 12.9. The van der Waals surface area contributed by atoms with Crippen LogP contribution in [0.1, 0.15) is 30.4 Å². The maximum Gasteiger partial charge on any atom is 0.169 e. The molecule has 0 amide bonds. The first-order valence-corrected chi connectivity index (χ1v) is 9.29. The zero-order chi connectivity index (χ0) is 18.4. The van der Waals surface area contributed by atoms with Gasteiger partial charge in [-0.1, -0.05) is 23.7 Å². The largest absolute Gasteiger partial charge is 0.511 e. The summed E-state index contributed by atoms with van der Waals surface area (Å²) >= 11 is 6.18. The molecule has 2 aliphatic carbocycles. The second-order valence-electron chi connectivity index (χ2n) is 7.21. The quantitative estimate of drug-likeness (QED) is 0.767. The van der Waals surface area contributed by atoms with Crippen molar-refractivity contribution in [2.45, 2.75) is 26.2 Å². The predicted molar refractivity (Wildman–Crippen MR) is 104 cm³/mol. The van der Waals surface area contributed by atoms with Crippen molar-refractivity contribution in [3.63, 3.8) is 0 Å². The number of ether oxygens (including phenoxy) is 1. The highest BCUT2D eigenvalue weighted by Gasteiger charge is 2.41. The second-order valence-corrected chi connectivity index (χ2v) is 7.64. The fourth-order valence-electron chi connectivity index (χ4n) is 4.24. The average molecular weight is 369 g/mol. The molecule has 2 aliphatic rings. The molecule has 4 heteroatoms. The number of fused-ring (bicyclic) bond motifs is 2. The number of aryl methyl sites for hydroxylation is 1. The maximum absolute atomic E-state index is 12.9. The van der Waals surface area contributed by atoms with Crippen LogP contribution in [0.15, 0.2) is 42.2 Å². The molecule has 134 valence electrons. The van der Waals surface area contributed by atoms with Gasteiger partial charge in [0.1, 0.15) is 11.5 Å². The van der Waals surface area contributed by atoms with E-state index in [9.17, 15) is 9.90 Å². The van der Waals surface area contributed by atoms with Crippen molar-refractivity contribution in [2.24, 2.45) is 11.8 Å². The average Bonchev–Trinajstić information content (AvgIpc) is 3.09. The van der Waals surface area contributed by atoms with Gasteiger partial charge in [-0.25, -0.2) is 0 Å². The number of carbonyl (C=O) groups is 1. The third-order valence-electron chi connectivity index (χ3n) is 5.67. The Morgan fingerprint density at radius 2 is 1.85 bits per heavy atom. The van der Waals surface area contributed by atoms with E-state index in [1.807, 2.05) is 37.3 Å². The Bertz CT molecular complexity index is 929. The molecule has 1 saturated carbocycles. The smallest absolute Gasteiger partial charge is 0.169 e. The molecule has 3 nitrogen and oxygen atoms in total. The first-order valence-electron chi connectivity index (χ1n) is 8.92. The number of halogens is 1. The normalized spacial score (nSPS) is 22.0. The highest BCUT2D eigenvalue weighted by atomic mass is 35.5. The fourth-order valence-corrected chi connectivity index (χ4v) is 4.41. The van der Waals surface area contributed by atoms with Crippen LogP contribution in [0.5, 0.6) is 5.75 Å². The van der Waals surface area contributed by atoms with Crippen molar-refractivity contribution in [2.75, 3.05) is 7.11 Å².